The van der Waals surface area contributed by atoms with Crippen LogP contribution in [0.1, 0.15) is 12.8 Å². The van der Waals surface area contributed by atoms with Crippen LogP contribution in [0.15, 0.2) is 35.2 Å². The van der Waals surface area contributed by atoms with Crippen LogP contribution in [0, 0.1) is 5.92 Å². The third-order valence-corrected chi connectivity index (χ3v) is 5.85. The van der Waals surface area contributed by atoms with Crippen LogP contribution < -0.4 is 0 Å². The molecule has 126 valence electrons. The summed E-state index contributed by atoms with van der Waals surface area (Å²) in [6, 6.07) is 10.6. The van der Waals surface area contributed by atoms with Crippen molar-refractivity contribution in [1.82, 2.24) is 9.80 Å². The molecule has 3 rings (SSSR count). The number of nitrogens with zero attached hydrogens (tertiary/aromatic N) is 2. The molecule has 0 bridgehead atoms. The highest BCUT2D eigenvalue weighted by atomic mass is 32.2. The largest absolute Gasteiger partial charge is 0.378 e. The Labute approximate surface area is 143 Å². The van der Waals surface area contributed by atoms with E-state index in [0.717, 1.165) is 38.6 Å². The van der Waals surface area contributed by atoms with Gasteiger partial charge in [-0.2, -0.15) is 0 Å². The number of likely N-dealkylation sites (tertiary alicyclic amines) is 1. The minimum absolute atomic E-state index is 0.287. The second-order valence-electron chi connectivity index (χ2n) is 6.32. The summed E-state index contributed by atoms with van der Waals surface area (Å²) >= 11 is 1.95. The predicted molar refractivity (Wildman–Crippen MR) is 93.7 cm³/mol. The maximum Gasteiger partial charge on any atom is 0.224 e. The van der Waals surface area contributed by atoms with E-state index in [9.17, 15) is 4.79 Å². The second kappa shape index (κ2) is 8.71. The topological polar surface area (TPSA) is 32.8 Å². The molecule has 0 unspecified atom stereocenters. The smallest absolute Gasteiger partial charge is 0.224 e. The fraction of sp³-hybridized carbons (Fsp3) is 0.611. The maximum absolute atomic E-state index is 12.2. The molecule has 0 saturated carbocycles. The van der Waals surface area contributed by atoms with Crippen molar-refractivity contribution in [2.75, 3.05) is 51.7 Å². The number of thioether (sulfide) groups is 1. The van der Waals surface area contributed by atoms with Gasteiger partial charge in [0.15, 0.2) is 0 Å². The molecule has 0 aliphatic carbocycles. The average Bonchev–Trinajstić information content (AvgIpc) is 3.07. The first kappa shape index (κ1) is 16.8. The van der Waals surface area contributed by atoms with E-state index in [-0.39, 0.29) is 5.91 Å². The van der Waals surface area contributed by atoms with E-state index in [0.29, 0.717) is 19.6 Å². The molecule has 4 nitrogen and oxygen atoms in total. The van der Waals surface area contributed by atoms with Gasteiger partial charge in [0.05, 0.1) is 13.2 Å². The monoisotopic (exact) mass is 334 g/mol. The van der Waals surface area contributed by atoms with Gasteiger partial charge < -0.3 is 14.5 Å². The van der Waals surface area contributed by atoms with E-state index in [1.54, 1.807) is 0 Å². The third kappa shape index (κ3) is 5.23. The lowest BCUT2D eigenvalue weighted by Gasteiger charge is -2.27. The summed E-state index contributed by atoms with van der Waals surface area (Å²) in [6.07, 6.45) is 1.91. The molecule has 0 aromatic heterocycles. The second-order valence-corrected chi connectivity index (χ2v) is 7.42. The first-order valence-corrected chi connectivity index (χ1v) is 9.55. The van der Waals surface area contributed by atoms with Gasteiger partial charge >= 0.3 is 0 Å². The van der Waals surface area contributed by atoms with Gasteiger partial charge in [-0.3, -0.25) is 4.79 Å². The summed E-state index contributed by atoms with van der Waals surface area (Å²) in [7, 11) is 0. The quantitative estimate of drug-likeness (QED) is 0.748. The van der Waals surface area contributed by atoms with Gasteiger partial charge in [0.1, 0.15) is 0 Å². The normalized spacial score (nSPS) is 22.4. The van der Waals surface area contributed by atoms with Crippen LogP contribution in [-0.2, 0) is 9.53 Å². The Hall–Kier alpha value is -1.04. The van der Waals surface area contributed by atoms with E-state index in [1.807, 2.05) is 16.7 Å². The van der Waals surface area contributed by atoms with Crippen LogP contribution in [0.25, 0.3) is 0 Å². The number of carbonyl (C=O) groups excluding carboxylic acids is 1. The Kier molecular flexibility index (Phi) is 6.37. The Bertz CT molecular complexity index is 491. The number of benzene rings is 1. The predicted octanol–water partition coefficient (Wildman–Crippen LogP) is 2.35. The number of amides is 1. The summed E-state index contributed by atoms with van der Waals surface area (Å²) in [6.45, 7) is 6.07. The molecule has 23 heavy (non-hydrogen) atoms. The zero-order valence-electron chi connectivity index (χ0n) is 13.7. The first-order chi connectivity index (χ1) is 11.3. The maximum atomic E-state index is 12.2. The van der Waals surface area contributed by atoms with E-state index in [1.165, 1.54) is 17.1 Å². The van der Waals surface area contributed by atoms with Crippen LogP contribution >= 0.6 is 11.8 Å². The average molecular weight is 334 g/mol. The Morgan fingerprint density at radius 1 is 1.17 bits per heavy atom. The molecule has 1 aromatic carbocycles. The van der Waals surface area contributed by atoms with Crippen molar-refractivity contribution in [2.24, 2.45) is 5.92 Å². The van der Waals surface area contributed by atoms with Crippen LogP contribution in [-0.4, -0.2) is 67.4 Å². The van der Waals surface area contributed by atoms with E-state index in [4.69, 9.17) is 4.74 Å². The highest BCUT2D eigenvalue weighted by molar-refractivity contribution is 7.99. The van der Waals surface area contributed by atoms with Gasteiger partial charge in [-0.25, -0.2) is 0 Å². The van der Waals surface area contributed by atoms with E-state index in [2.05, 4.69) is 35.2 Å². The molecular weight excluding hydrogens is 308 g/mol. The zero-order valence-corrected chi connectivity index (χ0v) is 14.5. The molecule has 2 heterocycles. The van der Waals surface area contributed by atoms with Gasteiger partial charge in [-0.1, -0.05) is 18.2 Å². The Morgan fingerprint density at radius 3 is 2.74 bits per heavy atom. The number of hydrogen-bond acceptors (Lipinski definition) is 4. The molecule has 0 radical (unpaired) electrons. The van der Waals surface area contributed by atoms with E-state index < -0.39 is 0 Å². The van der Waals surface area contributed by atoms with E-state index >= 15 is 0 Å². The van der Waals surface area contributed by atoms with Crippen molar-refractivity contribution >= 4 is 17.7 Å². The molecule has 2 aliphatic heterocycles. The first-order valence-electron chi connectivity index (χ1n) is 8.57. The number of hydrogen-bond donors (Lipinski definition) is 0. The lowest BCUT2D eigenvalue weighted by atomic mass is 10.2. The molecule has 2 aliphatic rings. The minimum Gasteiger partial charge on any atom is -0.378 e. The molecule has 0 spiro atoms. The van der Waals surface area contributed by atoms with Crippen molar-refractivity contribution in [1.29, 1.82) is 0 Å². The summed E-state index contributed by atoms with van der Waals surface area (Å²) in [5.74, 6) is 2.21. The lowest BCUT2D eigenvalue weighted by Crippen LogP contribution is -2.41. The lowest BCUT2D eigenvalue weighted by molar-refractivity contribution is -0.135. The molecule has 2 fully saturated rings. The summed E-state index contributed by atoms with van der Waals surface area (Å²) in [5.41, 5.74) is 0. The third-order valence-electron chi connectivity index (χ3n) is 4.60. The van der Waals surface area contributed by atoms with Crippen molar-refractivity contribution < 1.29 is 9.53 Å². The van der Waals surface area contributed by atoms with Crippen molar-refractivity contribution in [3.63, 3.8) is 0 Å². The Morgan fingerprint density at radius 2 is 1.96 bits per heavy atom. The number of rotatable bonds is 6. The number of morpholine rings is 1. The molecule has 0 N–H and O–H groups in total. The highest BCUT2D eigenvalue weighted by Gasteiger charge is 2.24. The summed E-state index contributed by atoms with van der Waals surface area (Å²) in [5, 5.41) is 0. The molecule has 1 aromatic rings. The van der Waals surface area contributed by atoms with Crippen LogP contribution in [0.5, 0.6) is 0 Å². The van der Waals surface area contributed by atoms with Crippen LogP contribution in [0.3, 0.4) is 0 Å². The minimum atomic E-state index is 0.287. The Balaban J connectivity index is 1.34. The molecular formula is C18H26N2O2S. The number of carbonyl (C=O) groups is 1. The van der Waals surface area contributed by atoms with Crippen molar-refractivity contribution in [3.8, 4) is 0 Å². The zero-order chi connectivity index (χ0) is 15.9. The van der Waals surface area contributed by atoms with Crippen molar-refractivity contribution in [3.05, 3.63) is 30.3 Å². The standard InChI is InChI=1S/C18H26N2O2S/c21-18(20-10-12-22-13-11-20)7-9-19-8-6-16(14-19)15-23-17-4-2-1-3-5-17/h1-5,16H,6-15H2/t16-/m1/s1. The highest BCUT2D eigenvalue weighted by Crippen LogP contribution is 2.25. The van der Waals surface area contributed by atoms with Gasteiger partial charge in [-0.15, -0.1) is 11.8 Å². The fourth-order valence-electron chi connectivity index (χ4n) is 3.21. The van der Waals surface area contributed by atoms with Gasteiger partial charge in [0.25, 0.3) is 0 Å². The van der Waals surface area contributed by atoms with Crippen molar-refractivity contribution in [2.45, 2.75) is 17.7 Å². The summed E-state index contributed by atoms with van der Waals surface area (Å²) in [4.78, 5) is 17.9. The SMILES string of the molecule is O=C(CCN1CC[C@@H](CSc2ccccc2)C1)N1CCOCC1. The van der Waals surface area contributed by atoms with Crippen LogP contribution in [0.4, 0.5) is 0 Å². The van der Waals surface area contributed by atoms with Gasteiger partial charge in [-0.05, 0) is 31.0 Å². The van der Waals surface area contributed by atoms with Gasteiger partial charge in [0, 0.05) is 43.2 Å². The van der Waals surface area contributed by atoms with Gasteiger partial charge in [0.2, 0.25) is 5.91 Å². The molecule has 2 saturated heterocycles. The molecule has 1 atom stereocenters. The molecule has 5 heteroatoms. The fourth-order valence-corrected chi connectivity index (χ4v) is 4.26. The van der Waals surface area contributed by atoms with Crippen LogP contribution in [0.2, 0.25) is 0 Å². The number of ether oxygens (including phenoxy) is 1. The molecule has 1 amide bonds. The summed E-state index contributed by atoms with van der Waals surface area (Å²) < 4.78 is 5.30.